The average Bonchev–Trinajstić information content (AvgIpc) is 2.63. The van der Waals surface area contributed by atoms with E-state index in [-0.39, 0.29) is 18.1 Å². The number of rotatable bonds is 5. The molecule has 1 fully saturated rings. The van der Waals surface area contributed by atoms with Gasteiger partial charge in [-0.15, -0.1) is 0 Å². The van der Waals surface area contributed by atoms with Crippen LogP contribution in [0.1, 0.15) is 38.2 Å². The van der Waals surface area contributed by atoms with Crippen molar-refractivity contribution >= 4 is 5.91 Å². The second-order valence-electron chi connectivity index (χ2n) is 5.55. The van der Waals surface area contributed by atoms with Crippen LogP contribution in [0, 0.1) is 0 Å². The first-order chi connectivity index (χ1) is 9.65. The Morgan fingerprint density at radius 2 is 2.10 bits per heavy atom. The van der Waals surface area contributed by atoms with E-state index in [0.29, 0.717) is 0 Å². The van der Waals surface area contributed by atoms with Gasteiger partial charge < -0.3 is 15.8 Å². The predicted octanol–water partition coefficient (Wildman–Crippen LogP) is 2.01. The largest absolute Gasteiger partial charge is 0.481 e. The highest BCUT2D eigenvalue weighted by molar-refractivity contribution is 5.81. The summed E-state index contributed by atoms with van der Waals surface area (Å²) in [4.78, 5) is 11.8. The van der Waals surface area contributed by atoms with Crippen LogP contribution in [0.15, 0.2) is 24.3 Å². The first-order valence-electron chi connectivity index (χ1n) is 7.44. The molecular weight excluding hydrogens is 252 g/mol. The summed E-state index contributed by atoms with van der Waals surface area (Å²) in [6, 6.07) is 8.20. The van der Waals surface area contributed by atoms with Gasteiger partial charge in [-0.25, -0.2) is 0 Å². The van der Waals surface area contributed by atoms with Crippen molar-refractivity contribution in [3.8, 4) is 5.75 Å². The fourth-order valence-corrected chi connectivity index (χ4v) is 2.32. The van der Waals surface area contributed by atoms with Gasteiger partial charge in [0.15, 0.2) is 6.10 Å². The van der Waals surface area contributed by atoms with Gasteiger partial charge in [-0.1, -0.05) is 12.1 Å². The quantitative estimate of drug-likeness (QED) is 0.864. The molecule has 4 nitrogen and oxygen atoms in total. The molecule has 2 atom stereocenters. The Morgan fingerprint density at radius 1 is 1.35 bits per heavy atom. The lowest BCUT2D eigenvalue weighted by Gasteiger charge is -2.16. The van der Waals surface area contributed by atoms with Crippen LogP contribution in [-0.4, -0.2) is 24.6 Å². The first-order valence-corrected chi connectivity index (χ1v) is 7.44. The molecule has 0 bridgehead atoms. The molecule has 1 aromatic carbocycles. The topological polar surface area (TPSA) is 64.3 Å². The molecule has 110 valence electrons. The summed E-state index contributed by atoms with van der Waals surface area (Å²) in [5, 5.41) is 2.88. The number of carbonyl (C=O) groups is 1. The number of aryl methyl sites for hydroxylation is 1. The van der Waals surface area contributed by atoms with E-state index in [9.17, 15) is 4.79 Å². The molecule has 1 aliphatic rings. The van der Waals surface area contributed by atoms with Crippen molar-refractivity contribution in [3.05, 3.63) is 29.8 Å². The summed E-state index contributed by atoms with van der Waals surface area (Å²) in [7, 11) is 0. The van der Waals surface area contributed by atoms with Crippen LogP contribution in [0.2, 0.25) is 0 Å². The van der Waals surface area contributed by atoms with Crippen LogP contribution in [0.4, 0.5) is 0 Å². The Balaban J connectivity index is 1.90. The summed E-state index contributed by atoms with van der Waals surface area (Å²) in [5.41, 5.74) is 7.00. The Kier molecular flexibility index (Phi) is 5.41. The van der Waals surface area contributed by atoms with Crippen LogP contribution in [-0.2, 0) is 11.2 Å². The normalized spacial score (nSPS) is 20.9. The molecule has 20 heavy (non-hydrogen) atoms. The van der Waals surface area contributed by atoms with Crippen molar-refractivity contribution in [1.82, 2.24) is 5.32 Å². The smallest absolute Gasteiger partial charge is 0.261 e. The SMILES string of the molecule is CC(N)CCc1ccc(OC2CCCCNC2=O)cc1. The molecule has 0 aliphatic carbocycles. The molecule has 0 radical (unpaired) electrons. The summed E-state index contributed by atoms with van der Waals surface area (Å²) < 4.78 is 5.79. The maximum Gasteiger partial charge on any atom is 0.261 e. The Morgan fingerprint density at radius 3 is 2.80 bits per heavy atom. The van der Waals surface area contributed by atoms with Gasteiger partial charge >= 0.3 is 0 Å². The maximum absolute atomic E-state index is 11.8. The number of amides is 1. The minimum atomic E-state index is -0.354. The number of ether oxygens (including phenoxy) is 1. The van der Waals surface area contributed by atoms with E-state index in [4.69, 9.17) is 10.5 Å². The molecule has 1 aliphatic heterocycles. The third-order valence-corrected chi connectivity index (χ3v) is 3.57. The fraction of sp³-hybridized carbons (Fsp3) is 0.562. The molecule has 2 rings (SSSR count). The number of nitrogens with two attached hydrogens (primary N) is 1. The molecule has 1 aromatic rings. The van der Waals surface area contributed by atoms with Crippen LogP contribution in [0.3, 0.4) is 0 Å². The van der Waals surface area contributed by atoms with Gasteiger partial charge in [-0.3, -0.25) is 4.79 Å². The van der Waals surface area contributed by atoms with E-state index in [0.717, 1.165) is 44.4 Å². The van der Waals surface area contributed by atoms with Crippen molar-refractivity contribution in [1.29, 1.82) is 0 Å². The van der Waals surface area contributed by atoms with Gasteiger partial charge in [-0.2, -0.15) is 0 Å². The van der Waals surface area contributed by atoms with E-state index < -0.39 is 0 Å². The molecule has 1 saturated heterocycles. The molecule has 0 spiro atoms. The van der Waals surface area contributed by atoms with E-state index in [1.165, 1.54) is 5.56 Å². The molecule has 0 saturated carbocycles. The lowest BCUT2D eigenvalue weighted by molar-refractivity contribution is -0.127. The van der Waals surface area contributed by atoms with Crippen LogP contribution in [0.25, 0.3) is 0 Å². The van der Waals surface area contributed by atoms with Gasteiger partial charge in [0.2, 0.25) is 0 Å². The molecule has 4 heteroatoms. The first kappa shape index (κ1) is 14.9. The lowest BCUT2D eigenvalue weighted by Crippen LogP contribution is -2.36. The summed E-state index contributed by atoms with van der Waals surface area (Å²) in [5.74, 6) is 0.764. The van der Waals surface area contributed by atoms with Crippen molar-refractivity contribution in [2.75, 3.05) is 6.54 Å². The molecule has 1 heterocycles. The van der Waals surface area contributed by atoms with E-state index in [2.05, 4.69) is 5.32 Å². The third kappa shape index (κ3) is 4.53. The summed E-state index contributed by atoms with van der Waals surface area (Å²) >= 11 is 0. The van der Waals surface area contributed by atoms with Crippen molar-refractivity contribution in [2.24, 2.45) is 5.73 Å². The second kappa shape index (κ2) is 7.29. The minimum Gasteiger partial charge on any atom is -0.481 e. The van der Waals surface area contributed by atoms with E-state index in [1.807, 2.05) is 31.2 Å². The Bertz CT molecular complexity index is 429. The zero-order valence-electron chi connectivity index (χ0n) is 12.1. The van der Waals surface area contributed by atoms with E-state index >= 15 is 0 Å². The maximum atomic E-state index is 11.8. The molecule has 0 aromatic heterocycles. The number of carbonyl (C=O) groups excluding carboxylic acids is 1. The van der Waals surface area contributed by atoms with Crippen LogP contribution in [0.5, 0.6) is 5.75 Å². The van der Waals surface area contributed by atoms with E-state index in [1.54, 1.807) is 0 Å². The fourth-order valence-electron chi connectivity index (χ4n) is 2.32. The Labute approximate surface area is 120 Å². The van der Waals surface area contributed by atoms with Crippen LogP contribution >= 0.6 is 0 Å². The zero-order chi connectivity index (χ0) is 14.4. The number of benzene rings is 1. The number of hydrogen-bond donors (Lipinski definition) is 2. The molecule has 1 amide bonds. The number of hydrogen-bond acceptors (Lipinski definition) is 3. The zero-order valence-corrected chi connectivity index (χ0v) is 12.1. The Hall–Kier alpha value is -1.55. The van der Waals surface area contributed by atoms with Crippen molar-refractivity contribution < 1.29 is 9.53 Å². The van der Waals surface area contributed by atoms with Crippen LogP contribution < -0.4 is 15.8 Å². The highest BCUT2D eigenvalue weighted by Gasteiger charge is 2.22. The van der Waals surface area contributed by atoms with Gasteiger partial charge in [0, 0.05) is 12.6 Å². The molecular formula is C16H24N2O2. The standard InChI is InChI=1S/C16H24N2O2/c1-12(17)5-6-13-7-9-14(10-8-13)20-15-4-2-3-11-18-16(15)19/h7-10,12,15H,2-6,11,17H2,1H3,(H,18,19). The van der Waals surface area contributed by atoms with Gasteiger partial charge in [-0.05, 0) is 56.7 Å². The molecule has 2 unspecified atom stereocenters. The lowest BCUT2D eigenvalue weighted by atomic mass is 10.1. The second-order valence-corrected chi connectivity index (χ2v) is 5.55. The highest BCUT2D eigenvalue weighted by Crippen LogP contribution is 2.18. The van der Waals surface area contributed by atoms with Gasteiger partial charge in [0.05, 0.1) is 0 Å². The third-order valence-electron chi connectivity index (χ3n) is 3.57. The minimum absolute atomic E-state index is 0.00327. The van der Waals surface area contributed by atoms with Gasteiger partial charge in [0.25, 0.3) is 5.91 Å². The average molecular weight is 276 g/mol. The summed E-state index contributed by atoms with van der Waals surface area (Å²) in [6.45, 7) is 2.77. The van der Waals surface area contributed by atoms with Crippen molar-refractivity contribution in [3.63, 3.8) is 0 Å². The van der Waals surface area contributed by atoms with Crippen molar-refractivity contribution in [2.45, 2.75) is 51.2 Å². The number of nitrogens with one attached hydrogen (secondary N) is 1. The monoisotopic (exact) mass is 276 g/mol. The molecule has 3 N–H and O–H groups in total. The highest BCUT2D eigenvalue weighted by atomic mass is 16.5. The van der Waals surface area contributed by atoms with Gasteiger partial charge in [0.1, 0.15) is 5.75 Å². The predicted molar refractivity (Wildman–Crippen MR) is 79.7 cm³/mol. The summed E-state index contributed by atoms with van der Waals surface area (Å²) in [6.07, 6.45) is 4.44.